The highest BCUT2D eigenvalue weighted by Crippen LogP contribution is 2.29. The molecule has 0 aliphatic carbocycles. The van der Waals surface area contributed by atoms with Gasteiger partial charge >= 0.3 is 0 Å². The van der Waals surface area contributed by atoms with Crippen molar-refractivity contribution in [2.24, 2.45) is 5.92 Å². The van der Waals surface area contributed by atoms with Gasteiger partial charge in [-0.3, -0.25) is 9.69 Å². The van der Waals surface area contributed by atoms with Crippen molar-refractivity contribution < 1.29 is 27.2 Å². The molecule has 2 aliphatic rings. The summed E-state index contributed by atoms with van der Waals surface area (Å²) in [7, 11) is -2.22. The molecule has 2 aliphatic heterocycles. The van der Waals surface area contributed by atoms with Crippen LogP contribution in [0.1, 0.15) is 29.9 Å². The molecule has 11 heteroatoms. The monoisotopic (exact) mass is 518 g/mol. The van der Waals surface area contributed by atoms with E-state index in [2.05, 4.69) is 15.4 Å². The summed E-state index contributed by atoms with van der Waals surface area (Å²) in [4.78, 5) is 15.0. The molecule has 1 N–H and O–H groups in total. The van der Waals surface area contributed by atoms with Crippen molar-refractivity contribution >= 4 is 28.1 Å². The number of nitrogens with one attached hydrogen (secondary N) is 1. The number of aromatic nitrogens is 1. The predicted molar refractivity (Wildman–Crippen MR) is 135 cm³/mol. The van der Waals surface area contributed by atoms with Crippen LogP contribution in [0.3, 0.4) is 0 Å². The van der Waals surface area contributed by atoms with Gasteiger partial charge in [0, 0.05) is 45.2 Å². The molecule has 10 nitrogen and oxygen atoms in total. The first kappa shape index (κ1) is 26.3. The molecule has 0 spiro atoms. The molecular weight excluding hydrogens is 484 g/mol. The van der Waals surface area contributed by atoms with E-state index in [1.54, 1.807) is 26.2 Å². The Hall–Kier alpha value is -2.73. The summed E-state index contributed by atoms with van der Waals surface area (Å²) in [5.74, 6) is 0.718. The number of morpholine rings is 1. The molecule has 0 unspecified atom stereocenters. The van der Waals surface area contributed by atoms with Crippen LogP contribution in [-0.2, 0) is 19.6 Å². The minimum atomic E-state index is -3.82. The third-order valence-corrected chi connectivity index (χ3v) is 8.69. The number of sulfonamides is 1. The Morgan fingerprint density at radius 1 is 1.14 bits per heavy atom. The van der Waals surface area contributed by atoms with Gasteiger partial charge in [-0.05, 0) is 43.5 Å². The summed E-state index contributed by atoms with van der Waals surface area (Å²) < 4.78 is 44.2. The van der Waals surface area contributed by atoms with Crippen molar-refractivity contribution in [2.45, 2.75) is 24.7 Å². The van der Waals surface area contributed by atoms with E-state index in [-0.39, 0.29) is 35.6 Å². The lowest BCUT2D eigenvalue weighted by Gasteiger charge is -2.31. The molecular formula is C25H34N4O6S. The zero-order valence-electron chi connectivity index (χ0n) is 20.8. The standard InChI is InChI=1S/C25H34N4O6S/c1-19-24(23(35-27-19)8-5-20-3-6-22(33-2)7-4-20)36(31,32)29-12-9-21(10-13-29)25(30)26-11-14-28-15-17-34-18-16-28/h3-8,21H,9-18H2,1-2H3,(H,26,30)/b8-5-. The van der Waals surface area contributed by atoms with Gasteiger partial charge < -0.3 is 19.3 Å². The third-order valence-electron chi connectivity index (χ3n) is 6.63. The molecule has 1 aromatic heterocycles. The largest absolute Gasteiger partial charge is 0.497 e. The Bertz CT molecular complexity index is 1150. The molecule has 3 heterocycles. The second-order valence-electron chi connectivity index (χ2n) is 8.99. The van der Waals surface area contributed by atoms with Gasteiger partial charge in [-0.15, -0.1) is 0 Å². The number of carbonyl (C=O) groups excluding carboxylic acids is 1. The van der Waals surface area contributed by atoms with Crippen LogP contribution in [0, 0.1) is 12.8 Å². The van der Waals surface area contributed by atoms with Crippen LogP contribution in [0.15, 0.2) is 33.7 Å². The van der Waals surface area contributed by atoms with Crippen LogP contribution in [0.5, 0.6) is 5.75 Å². The van der Waals surface area contributed by atoms with E-state index in [4.69, 9.17) is 14.0 Å². The van der Waals surface area contributed by atoms with Crippen LogP contribution < -0.4 is 10.1 Å². The summed E-state index contributed by atoms with van der Waals surface area (Å²) in [5, 5.41) is 6.91. The summed E-state index contributed by atoms with van der Waals surface area (Å²) in [5.41, 5.74) is 1.18. The normalized spacial score (nSPS) is 18.5. The van der Waals surface area contributed by atoms with E-state index in [0.717, 1.165) is 44.2 Å². The Balaban J connectivity index is 1.34. The number of aryl methyl sites for hydroxylation is 1. The van der Waals surface area contributed by atoms with Gasteiger partial charge in [-0.25, -0.2) is 8.42 Å². The number of ether oxygens (including phenoxy) is 2. The molecule has 4 rings (SSSR count). The van der Waals surface area contributed by atoms with Crippen molar-refractivity contribution in [3.8, 4) is 5.75 Å². The van der Waals surface area contributed by atoms with Gasteiger partial charge in [0.15, 0.2) is 10.7 Å². The number of carbonyl (C=O) groups is 1. The lowest BCUT2D eigenvalue weighted by atomic mass is 9.97. The van der Waals surface area contributed by atoms with Gasteiger partial charge in [0.05, 0.1) is 20.3 Å². The third kappa shape index (κ3) is 6.33. The number of hydrogen-bond acceptors (Lipinski definition) is 8. The highest BCUT2D eigenvalue weighted by Gasteiger charge is 2.35. The average Bonchev–Trinajstić information content (AvgIpc) is 3.29. The Labute approximate surface area is 212 Å². The molecule has 2 saturated heterocycles. The van der Waals surface area contributed by atoms with Crippen molar-refractivity contribution in [3.05, 3.63) is 41.3 Å². The van der Waals surface area contributed by atoms with Gasteiger partial charge in [-0.1, -0.05) is 23.4 Å². The molecule has 0 bridgehead atoms. The number of methoxy groups -OCH3 is 1. The fourth-order valence-corrected chi connectivity index (χ4v) is 6.20. The SMILES string of the molecule is COc1ccc(/C=C\c2onc(C)c2S(=O)(=O)N2CCC(C(=O)NCCN3CCOCC3)CC2)cc1. The number of piperidine rings is 1. The summed E-state index contributed by atoms with van der Waals surface area (Å²) >= 11 is 0. The number of amides is 1. The summed E-state index contributed by atoms with van der Waals surface area (Å²) in [6, 6.07) is 7.38. The topological polar surface area (TPSA) is 114 Å². The summed E-state index contributed by atoms with van der Waals surface area (Å²) in [6.45, 7) is 6.76. The molecule has 1 amide bonds. The first-order valence-electron chi connectivity index (χ1n) is 12.2. The lowest BCUT2D eigenvalue weighted by Crippen LogP contribution is -2.45. The Kier molecular flexibility index (Phi) is 8.78. The molecule has 2 fully saturated rings. The molecule has 196 valence electrons. The molecule has 0 saturated carbocycles. The van der Waals surface area contributed by atoms with E-state index in [1.807, 2.05) is 24.3 Å². The average molecular weight is 519 g/mol. The van der Waals surface area contributed by atoms with Gasteiger partial charge in [-0.2, -0.15) is 4.31 Å². The van der Waals surface area contributed by atoms with Gasteiger partial charge in [0.25, 0.3) is 0 Å². The number of rotatable bonds is 9. The van der Waals surface area contributed by atoms with Gasteiger partial charge in [0.2, 0.25) is 15.9 Å². The van der Waals surface area contributed by atoms with E-state index in [0.29, 0.717) is 25.1 Å². The minimum absolute atomic E-state index is 0.00965. The predicted octanol–water partition coefficient (Wildman–Crippen LogP) is 2.01. The van der Waals surface area contributed by atoms with E-state index in [9.17, 15) is 13.2 Å². The molecule has 36 heavy (non-hydrogen) atoms. The Morgan fingerprint density at radius 2 is 1.83 bits per heavy atom. The van der Waals surface area contributed by atoms with Crippen LogP contribution in [0.25, 0.3) is 12.2 Å². The molecule has 0 radical (unpaired) electrons. The lowest BCUT2D eigenvalue weighted by molar-refractivity contribution is -0.126. The fourth-order valence-electron chi connectivity index (χ4n) is 4.48. The number of benzene rings is 1. The smallest absolute Gasteiger partial charge is 0.248 e. The van der Waals surface area contributed by atoms with E-state index >= 15 is 0 Å². The van der Waals surface area contributed by atoms with Gasteiger partial charge in [0.1, 0.15) is 11.4 Å². The molecule has 2 aromatic rings. The van der Waals surface area contributed by atoms with Crippen molar-refractivity contribution in [2.75, 3.05) is 59.6 Å². The maximum absolute atomic E-state index is 13.5. The number of hydrogen-bond donors (Lipinski definition) is 1. The van der Waals surface area contributed by atoms with Crippen LogP contribution in [0.4, 0.5) is 0 Å². The highest BCUT2D eigenvalue weighted by atomic mass is 32.2. The van der Waals surface area contributed by atoms with E-state index in [1.165, 1.54) is 4.31 Å². The number of nitrogens with zero attached hydrogens (tertiary/aromatic N) is 3. The zero-order valence-corrected chi connectivity index (χ0v) is 21.6. The zero-order chi connectivity index (χ0) is 25.5. The van der Waals surface area contributed by atoms with Crippen LogP contribution in [0.2, 0.25) is 0 Å². The van der Waals surface area contributed by atoms with Crippen LogP contribution in [-0.4, -0.2) is 88.3 Å². The molecule has 0 atom stereocenters. The van der Waals surface area contributed by atoms with E-state index < -0.39 is 10.0 Å². The quantitative estimate of drug-likeness (QED) is 0.536. The maximum atomic E-state index is 13.5. The first-order chi connectivity index (χ1) is 17.4. The minimum Gasteiger partial charge on any atom is -0.497 e. The Morgan fingerprint density at radius 3 is 2.50 bits per heavy atom. The second-order valence-corrected chi connectivity index (χ2v) is 10.9. The summed E-state index contributed by atoms with van der Waals surface area (Å²) in [6.07, 6.45) is 4.34. The van der Waals surface area contributed by atoms with Crippen LogP contribution >= 0.6 is 0 Å². The van der Waals surface area contributed by atoms with Crippen molar-refractivity contribution in [3.63, 3.8) is 0 Å². The first-order valence-corrected chi connectivity index (χ1v) is 13.7. The van der Waals surface area contributed by atoms with Crippen molar-refractivity contribution in [1.82, 2.24) is 19.7 Å². The van der Waals surface area contributed by atoms with Crippen molar-refractivity contribution in [1.29, 1.82) is 0 Å². The fraction of sp³-hybridized carbons (Fsp3) is 0.520. The highest BCUT2D eigenvalue weighted by molar-refractivity contribution is 7.89. The molecule has 1 aromatic carbocycles. The maximum Gasteiger partial charge on any atom is 0.248 e. The second kappa shape index (κ2) is 12.0.